The molecule has 0 heteroatoms. The van der Waals surface area contributed by atoms with Crippen LogP contribution in [0.4, 0.5) is 0 Å². The molecule has 0 radical (unpaired) electrons. The van der Waals surface area contributed by atoms with Crippen molar-refractivity contribution in [2.45, 2.75) is 13.3 Å². The van der Waals surface area contributed by atoms with Crippen LogP contribution in [0.2, 0.25) is 0 Å². The van der Waals surface area contributed by atoms with Gasteiger partial charge in [-0.15, -0.1) is 0 Å². The van der Waals surface area contributed by atoms with Gasteiger partial charge in [-0.25, -0.2) is 0 Å². The van der Waals surface area contributed by atoms with Crippen LogP contribution in [0.25, 0.3) is 38.4 Å². The molecule has 0 N–H and O–H groups in total. The maximum Gasteiger partial charge on any atom is -0.00206 e. The maximum atomic E-state index is 4.02. The molecule has 0 spiro atoms. The highest BCUT2D eigenvalue weighted by molar-refractivity contribution is 6.24. The van der Waals surface area contributed by atoms with Crippen LogP contribution in [0.5, 0.6) is 0 Å². The highest BCUT2D eigenvalue weighted by atomic mass is 14.2. The second kappa shape index (κ2) is 4.08. The second-order valence-corrected chi connectivity index (χ2v) is 5.36. The minimum absolute atomic E-state index is 1.04. The van der Waals surface area contributed by atoms with Crippen molar-refractivity contribution in [3.63, 3.8) is 0 Å². The van der Waals surface area contributed by atoms with Crippen LogP contribution >= 0.6 is 0 Å². The van der Waals surface area contributed by atoms with Crippen molar-refractivity contribution in [3.8, 4) is 0 Å². The predicted octanol–water partition coefficient (Wildman–Crippen LogP) is 5.79. The van der Waals surface area contributed by atoms with E-state index in [1.165, 1.54) is 43.4 Å². The first-order valence-electron chi connectivity index (χ1n) is 7.15. The van der Waals surface area contributed by atoms with Crippen LogP contribution in [0.15, 0.2) is 55.1 Å². The van der Waals surface area contributed by atoms with E-state index >= 15 is 0 Å². The lowest BCUT2D eigenvalue weighted by molar-refractivity contribution is 1.14. The summed E-state index contributed by atoms with van der Waals surface area (Å²) in [5, 5.41) is 8.08. The molecule has 0 saturated heterocycles. The second-order valence-electron chi connectivity index (χ2n) is 5.36. The van der Waals surface area contributed by atoms with E-state index in [2.05, 4.69) is 62.0 Å². The fraction of sp³-hybridized carbons (Fsp3) is 0.100. The van der Waals surface area contributed by atoms with Crippen molar-refractivity contribution < 1.29 is 0 Å². The van der Waals surface area contributed by atoms with Crippen LogP contribution in [-0.2, 0) is 6.42 Å². The molecule has 0 bridgehead atoms. The summed E-state index contributed by atoms with van der Waals surface area (Å²) in [5.41, 5.74) is 2.67. The molecule has 0 aliphatic heterocycles. The molecule has 4 aromatic rings. The van der Waals surface area contributed by atoms with Crippen molar-refractivity contribution in [2.24, 2.45) is 0 Å². The van der Waals surface area contributed by atoms with Gasteiger partial charge in [-0.3, -0.25) is 0 Å². The van der Waals surface area contributed by atoms with E-state index in [0.717, 1.165) is 6.42 Å². The van der Waals surface area contributed by atoms with Gasteiger partial charge in [-0.2, -0.15) is 0 Å². The van der Waals surface area contributed by atoms with E-state index in [9.17, 15) is 0 Å². The van der Waals surface area contributed by atoms with Gasteiger partial charge in [0.25, 0.3) is 0 Å². The molecule has 0 unspecified atom stereocenters. The zero-order chi connectivity index (χ0) is 13.7. The van der Waals surface area contributed by atoms with E-state index in [4.69, 9.17) is 0 Å². The minimum Gasteiger partial charge on any atom is -0.0984 e. The van der Waals surface area contributed by atoms with Crippen molar-refractivity contribution in [2.75, 3.05) is 0 Å². The molecule has 0 aliphatic carbocycles. The molecule has 0 heterocycles. The third-order valence-electron chi connectivity index (χ3n) is 4.36. The Labute approximate surface area is 118 Å². The number of hydrogen-bond donors (Lipinski definition) is 0. The molecule has 0 amide bonds. The quantitative estimate of drug-likeness (QED) is 0.398. The third-order valence-corrected chi connectivity index (χ3v) is 4.36. The number of benzene rings is 4. The number of rotatable bonds is 2. The van der Waals surface area contributed by atoms with Gasteiger partial charge in [0.1, 0.15) is 0 Å². The summed E-state index contributed by atoms with van der Waals surface area (Å²) in [6.07, 6.45) is 3.04. The van der Waals surface area contributed by atoms with Crippen molar-refractivity contribution in [1.29, 1.82) is 0 Å². The van der Waals surface area contributed by atoms with Gasteiger partial charge >= 0.3 is 0 Å². The fourth-order valence-corrected chi connectivity index (χ4v) is 3.43. The topological polar surface area (TPSA) is 0 Å². The zero-order valence-corrected chi connectivity index (χ0v) is 11.6. The standard InChI is InChI=1S/C20H16/c1-3-13-12-16-9-8-14-6-5-7-15-10-11-18(17(13)4-2)20(16)19(14)15/h4-12H,2-3H2,1H3. The molecular weight excluding hydrogens is 240 g/mol. The number of aryl methyl sites for hydroxylation is 1. The molecule has 4 aromatic carbocycles. The first kappa shape index (κ1) is 11.5. The molecule has 0 nitrogen and oxygen atoms in total. The van der Waals surface area contributed by atoms with Crippen molar-refractivity contribution in [1.82, 2.24) is 0 Å². The van der Waals surface area contributed by atoms with Crippen LogP contribution in [0, 0.1) is 0 Å². The molecular formula is C20H16. The molecule has 96 valence electrons. The van der Waals surface area contributed by atoms with Crippen LogP contribution in [0.3, 0.4) is 0 Å². The van der Waals surface area contributed by atoms with Gasteiger partial charge in [0, 0.05) is 0 Å². The van der Waals surface area contributed by atoms with E-state index in [1.54, 1.807) is 0 Å². The molecule has 0 fully saturated rings. The Kier molecular flexibility index (Phi) is 2.34. The maximum absolute atomic E-state index is 4.02. The van der Waals surface area contributed by atoms with Gasteiger partial charge in [-0.05, 0) is 49.9 Å². The van der Waals surface area contributed by atoms with Gasteiger partial charge in [0.2, 0.25) is 0 Å². The Morgan fingerprint density at radius 3 is 2.30 bits per heavy atom. The molecule has 0 saturated carbocycles. The third kappa shape index (κ3) is 1.36. The molecule has 20 heavy (non-hydrogen) atoms. The molecule has 4 rings (SSSR count). The SMILES string of the molecule is C=Cc1c(CC)cc2ccc3cccc4ccc1c2c34. The highest BCUT2D eigenvalue weighted by Crippen LogP contribution is 2.37. The molecule has 0 aliphatic rings. The van der Waals surface area contributed by atoms with Crippen LogP contribution in [-0.4, -0.2) is 0 Å². The fourth-order valence-electron chi connectivity index (χ4n) is 3.43. The van der Waals surface area contributed by atoms with E-state index in [0.29, 0.717) is 0 Å². The van der Waals surface area contributed by atoms with Crippen molar-refractivity contribution >= 4 is 38.4 Å². The Morgan fingerprint density at radius 2 is 1.60 bits per heavy atom. The first-order chi connectivity index (χ1) is 9.83. The number of hydrogen-bond acceptors (Lipinski definition) is 0. The van der Waals surface area contributed by atoms with Gasteiger partial charge in [0.15, 0.2) is 0 Å². The van der Waals surface area contributed by atoms with Gasteiger partial charge < -0.3 is 0 Å². The summed E-state index contributed by atoms with van der Waals surface area (Å²) in [4.78, 5) is 0. The van der Waals surface area contributed by atoms with Gasteiger partial charge in [-0.1, -0.05) is 68.1 Å². The summed E-state index contributed by atoms with van der Waals surface area (Å²) >= 11 is 0. The summed E-state index contributed by atoms with van der Waals surface area (Å²) in [6.45, 7) is 6.23. The Bertz CT molecular complexity index is 929. The lowest BCUT2D eigenvalue weighted by Gasteiger charge is -2.15. The summed E-state index contributed by atoms with van der Waals surface area (Å²) in [7, 11) is 0. The Morgan fingerprint density at radius 1 is 0.900 bits per heavy atom. The average molecular weight is 256 g/mol. The minimum atomic E-state index is 1.04. The average Bonchev–Trinajstić information content (AvgIpc) is 2.51. The molecule has 0 aromatic heterocycles. The summed E-state index contributed by atoms with van der Waals surface area (Å²) in [6, 6.07) is 17.8. The summed E-state index contributed by atoms with van der Waals surface area (Å²) < 4.78 is 0. The lowest BCUT2D eigenvalue weighted by Crippen LogP contribution is -1.92. The zero-order valence-electron chi connectivity index (χ0n) is 11.6. The lowest BCUT2D eigenvalue weighted by atomic mass is 9.89. The largest absolute Gasteiger partial charge is 0.0984 e. The van der Waals surface area contributed by atoms with Crippen molar-refractivity contribution in [3.05, 3.63) is 66.2 Å². The highest BCUT2D eigenvalue weighted by Gasteiger charge is 2.12. The summed E-state index contributed by atoms with van der Waals surface area (Å²) in [5.74, 6) is 0. The van der Waals surface area contributed by atoms with Crippen LogP contribution in [0.1, 0.15) is 18.1 Å². The monoisotopic (exact) mass is 256 g/mol. The Balaban J connectivity index is 2.37. The first-order valence-corrected chi connectivity index (χ1v) is 7.15. The Hall–Kier alpha value is -2.34. The van der Waals surface area contributed by atoms with E-state index in [1.807, 2.05) is 6.08 Å². The molecule has 0 atom stereocenters. The van der Waals surface area contributed by atoms with E-state index < -0.39 is 0 Å². The smallest absolute Gasteiger partial charge is 0.00206 e. The van der Waals surface area contributed by atoms with Crippen LogP contribution < -0.4 is 0 Å². The normalized spacial score (nSPS) is 11.7. The van der Waals surface area contributed by atoms with Gasteiger partial charge in [0.05, 0.1) is 0 Å². The predicted molar refractivity (Wildman–Crippen MR) is 89.6 cm³/mol. The van der Waals surface area contributed by atoms with E-state index in [-0.39, 0.29) is 0 Å².